The minimum Gasteiger partial charge on any atom is -0.339 e. The molecular formula is C13H14N4O3S. The molecule has 1 saturated carbocycles. The topological polar surface area (TPSA) is 89.2 Å². The molecule has 0 radical (unpaired) electrons. The molecule has 0 spiro atoms. The predicted octanol–water partition coefficient (Wildman–Crippen LogP) is 1.13. The first kappa shape index (κ1) is 12.9. The summed E-state index contributed by atoms with van der Waals surface area (Å²) in [6.07, 6.45) is 5.15. The SMILES string of the molecule is O=S(=O)(c1cccnc1)N1CC(c2nc(C3CC3)no2)C1. The molecule has 3 heterocycles. The Kier molecular flexibility index (Phi) is 2.83. The number of sulfonamides is 1. The van der Waals surface area contributed by atoms with Gasteiger partial charge < -0.3 is 4.52 Å². The third-order valence-corrected chi connectivity index (χ3v) is 5.68. The van der Waals surface area contributed by atoms with Crippen molar-refractivity contribution in [2.45, 2.75) is 29.6 Å². The average molecular weight is 306 g/mol. The average Bonchev–Trinajstić information content (AvgIpc) is 3.18. The molecule has 1 saturated heterocycles. The molecule has 1 aliphatic carbocycles. The van der Waals surface area contributed by atoms with Gasteiger partial charge in [-0.25, -0.2) is 8.42 Å². The van der Waals surface area contributed by atoms with Crippen LogP contribution in [0.1, 0.15) is 36.4 Å². The maximum Gasteiger partial charge on any atom is 0.244 e. The lowest BCUT2D eigenvalue weighted by molar-refractivity contribution is 0.216. The molecule has 1 aliphatic heterocycles. The Morgan fingerprint density at radius 1 is 1.24 bits per heavy atom. The second kappa shape index (κ2) is 4.60. The molecule has 0 aromatic carbocycles. The minimum atomic E-state index is -3.46. The molecule has 2 aromatic heterocycles. The van der Waals surface area contributed by atoms with E-state index in [1.54, 1.807) is 18.3 Å². The van der Waals surface area contributed by atoms with Crippen LogP contribution in [0.25, 0.3) is 0 Å². The molecule has 0 N–H and O–H groups in total. The van der Waals surface area contributed by atoms with Crippen LogP contribution in [0.3, 0.4) is 0 Å². The van der Waals surface area contributed by atoms with Crippen LogP contribution in [0.15, 0.2) is 33.9 Å². The fourth-order valence-corrected chi connectivity index (χ4v) is 3.85. The van der Waals surface area contributed by atoms with Crippen molar-refractivity contribution >= 4 is 10.0 Å². The zero-order chi connectivity index (χ0) is 14.4. The number of pyridine rings is 1. The molecule has 110 valence electrons. The summed E-state index contributed by atoms with van der Waals surface area (Å²) in [6.45, 7) is 0.757. The van der Waals surface area contributed by atoms with Crippen LogP contribution in [0.2, 0.25) is 0 Å². The minimum absolute atomic E-state index is 0.00329. The number of nitrogens with zero attached hydrogens (tertiary/aromatic N) is 4. The highest BCUT2D eigenvalue weighted by Gasteiger charge is 2.41. The van der Waals surface area contributed by atoms with Crippen LogP contribution in [0.4, 0.5) is 0 Å². The number of aromatic nitrogens is 3. The van der Waals surface area contributed by atoms with E-state index in [2.05, 4.69) is 15.1 Å². The van der Waals surface area contributed by atoms with Crippen molar-refractivity contribution in [3.05, 3.63) is 36.2 Å². The predicted molar refractivity (Wildman–Crippen MR) is 72.0 cm³/mol. The van der Waals surface area contributed by atoms with Crippen molar-refractivity contribution in [3.63, 3.8) is 0 Å². The molecule has 0 atom stereocenters. The molecular weight excluding hydrogens is 292 g/mol. The van der Waals surface area contributed by atoms with Crippen molar-refractivity contribution in [2.75, 3.05) is 13.1 Å². The zero-order valence-corrected chi connectivity index (χ0v) is 12.0. The van der Waals surface area contributed by atoms with E-state index in [-0.39, 0.29) is 10.8 Å². The van der Waals surface area contributed by atoms with E-state index < -0.39 is 10.0 Å². The van der Waals surface area contributed by atoms with E-state index in [9.17, 15) is 8.42 Å². The monoisotopic (exact) mass is 306 g/mol. The molecule has 0 amide bonds. The van der Waals surface area contributed by atoms with E-state index >= 15 is 0 Å². The van der Waals surface area contributed by atoms with Crippen LogP contribution in [0.5, 0.6) is 0 Å². The molecule has 2 aliphatic rings. The van der Waals surface area contributed by atoms with Crippen LogP contribution in [-0.2, 0) is 10.0 Å². The Bertz CT molecular complexity index is 749. The molecule has 7 nitrogen and oxygen atoms in total. The van der Waals surface area contributed by atoms with Crippen molar-refractivity contribution < 1.29 is 12.9 Å². The molecule has 0 unspecified atom stereocenters. The molecule has 21 heavy (non-hydrogen) atoms. The lowest BCUT2D eigenvalue weighted by Crippen LogP contribution is -2.48. The number of rotatable bonds is 4. The van der Waals surface area contributed by atoms with Crippen LogP contribution in [-0.4, -0.2) is 40.9 Å². The van der Waals surface area contributed by atoms with E-state index in [0.717, 1.165) is 18.7 Å². The van der Waals surface area contributed by atoms with Gasteiger partial charge in [-0.3, -0.25) is 4.98 Å². The van der Waals surface area contributed by atoms with Crippen molar-refractivity contribution in [3.8, 4) is 0 Å². The molecule has 2 aromatic rings. The second-order valence-electron chi connectivity index (χ2n) is 5.47. The van der Waals surface area contributed by atoms with Crippen molar-refractivity contribution in [1.29, 1.82) is 0 Å². The summed E-state index contributed by atoms with van der Waals surface area (Å²) >= 11 is 0. The van der Waals surface area contributed by atoms with Gasteiger partial charge >= 0.3 is 0 Å². The van der Waals surface area contributed by atoms with Gasteiger partial charge in [-0.1, -0.05) is 5.16 Å². The summed E-state index contributed by atoms with van der Waals surface area (Å²) in [4.78, 5) is 8.44. The number of hydrogen-bond acceptors (Lipinski definition) is 6. The Morgan fingerprint density at radius 2 is 2.05 bits per heavy atom. The fourth-order valence-electron chi connectivity index (χ4n) is 2.36. The Labute approximate surface area is 122 Å². The molecule has 4 rings (SSSR count). The molecule has 2 fully saturated rings. The maximum atomic E-state index is 12.3. The van der Waals surface area contributed by atoms with Gasteiger partial charge in [-0.15, -0.1) is 0 Å². The summed E-state index contributed by atoms with van der Waals surface area (Å²) in [5.41, 5.74) is 0. The fraction of sp³-hybridized carbons (Fsp3) is 0.462. The highest BCUT2D eigenvalue weighted by atomic mass is 32.2. The second-order valence-corrected chi connectivity index (χ2v) is 7.41. The van der Waals surface area contributed by atoms with E-state index in [1.807, 2.05) is 0 Å². The first-order chi connectivity index (χ1) is 10.1. The smallest absolute Gasteiger partial charge is 0.244 e. The van der Waals surface area contributed by atoms with Gasteiger partial charge in [0, 0.05) is 31.4 Å². The quantitative estimate of drug-likeness (QED) is 0.841. The van der Waals surface area contributed by atoms with E-state index in [0.29, 0.717) is 24.9 Å². The number of hydrogen-bond donors (Lipinski definition) is 0. The normalized spacial score (nSPS) is 20.4. The van der Waals surface area contributed by atoms with Crippen LogP contribution < -0.4 is 0 Å². The zero-order valence-electron chi connectivity index (χ0n) is 11.2. The standard InChI is InChI=1S/C13H14N4O3S/c18-21(19,11-2-1-5-14-6-11)17-7-10(8-17)13-15-12(16-20-13)9-3-4-9/h1-2,5-6,9-10H,3-4,7-8H2. The summed E-state index contributed by atoms with van der Waals surface area (Å²) in [6, 6.07) is 3.16. The van der Waals surface area contributed by atoms with Crippen molar-refractivity contribution in [2.24, 2.45) is 0 Å². The molecule has 0 bridgehead atoms. The molecule has 8 heteroatoms. The van der Waals surface area contributed by atoms with Gasteiger partial charge in [-0.05, 0) is 25.0 Å². The van der Waals surface area contributed by atoms with E-state index in [1.165, 1.54) is 10.5 Å². The Morgan fingerprint density at radius 3 is 2.71 bits per heavy atom. The van der Waals surface area contributed by atoms with Gasteiger partial charge in [-0.2, -0.15) is 9.29 Å². The van der Waals surface area contributed by atoms with E-state index in [4.69, 9.17) is 4.52 Å². The third kappa shape index (κ3) is 2.24. The highest BCUT2D eigenvalue weighted by Crippen LogP contribution is 2.39. The van der Waals surface area contributed by atoms with Gasteiger partial charge in [0.1, 0.15) is 4.90 Å². The Hall–Kier alpha value is -1.80. The lowest BCUT2D eigenvalue weighted by Gasteiger charge is -2.35. The van der Waals surface area contributed by atoms with Crippen molar-refractivity contribution in [1.82, 2.24) is 19.4 Å². The van der Waals surface area contributed by atoms with Crippen LogP contribution in [0, 0.1) is 0 Å². The summed E-state index contributed by atoms with van der Waals surface area (Å²) in [5, 5.41) is 3.96. The summed E-state index contributed by atoms with van der Waals surface area (Å²) < 4.78 is 31.3. The van der Waals surface area contributed by atoms with Gasteiger partial charge in [0.25, 0.3) is 0 Å². The van der Waals surface area contributed by atoms with Gasteiger partial charge in [0.2, 0.25) is 15.9 Å². The lowest BCUT2D eigenvalue weighted by atomic mass is 10.0. The third-order valence-electron chi connectivity index (χ3n) is 3.87. The summed E-state index contributed by atoms with van der Waals surface area (Å²) in [7, 11) is -3.46. The van der Waals surface area contributed by atoms with Crippen LogP contribution >= 0.6 is 0 Å². The summed E-state index contributed by atoms with van der Waals surface area (Å²) in [5.74, 6) is 1.75. The Balaban J connectivity index is 1.46. The van der Waals surface area contributed by atoms with Gasteiger partial charge in [0.15, 0.2) is 5.82 Å². The first-order valence-corrected chi connectivity index (χ1v) is 8.32. The maximum absolute atomic E-state index is 12.3. The largest absolute Gasteiger partial charge is 0.339 e. The van der Waals surface area contributed by atoms with Gasteiger partial charge in [0.05, 0.1) is 5.92 Å². The first-order valence-electron chi connectivity index (χ1n) is 6.88. The highest BCUT2D eigenvalue weighted by molar-refractivity contribution is 7.89.